The number of hydrogen-bond donors (Lipinski definition) is 1. The number of benzene rings is 2. The molecule has 5 heteroatoms. The number of fused-ring (bicyclic) bond motifs is 1. The maximum atomic E-state index is 14.1. The lowest BCUT2D eigenvalue weighted by atomic mass is 10.2. The predicted octanol–water partition coefficient (Wildman–Crippen LogP) is 3.84. The van der Waals surface area contributed by atoms with Crippen LogP contribution in [0.4, 0.5) is 14.5 Å². The van der Waals surface area contributed by atoms with Gasteiger partial charge >= 0.3 is 0 Å². The molecule has 3 nitrogen and oxygen atoms in total. The second-order valence-electron chi connectivity index (χ2n) is 4.93. The summed E-state index contributed by atoms with van der Waals surface area (Å²) in [5, 5.41) is 0. The molecule has 0 unspecified atom stereocenters. The van der Waals surface area contributed by atoms with Gasteiger partial charge in [0.25, 0.3) is 0 Å². The number of hydrogen-bond acceptors (Lipinski definition) is 2. The number of rotatable bonds is 3. The van der Waals surface area contributed by atoms with Crippen LogP contribution in [0.25, 0.3) is 16.7 Å². The number of aryl methyl sites for hydroxylation is 1. The van der Waals surface area contributed by atoms with Crippen LogP contribution in [0.3, 0.4) is 0 Å². The molecule has 2 aromatic carbocycles. The summed E-state index contributed by atoms with van der Waals surface area (Å²) >= 11 is 0. The zero-order chi connectivity index (χ0) is 15.0. The Labute approximate surface area is 121 Å². The van der Waals surface area contributed by atoms with Crippen LogP contribution in [0.1, 0.15) is 19.2 Å². The smallest absolute Gasteiger partial charge is 0.150 e. The summed E-state index contributed by atoms with van der Waals surface area (Å²) in [7, 11) is 0. The highest BCUT2D eigenvalue weighted by Crippen LogP contribution is 2.27. The molecule has 0 aliphatic rings. The Morgan fingerprint density at radius 2 is 1.86 bits per heavy atom. The lowest BCUT2D eigenvalue weighted by Gasteiger charge is -2.11. The molecule has 1 heterocycles. The van der Waals surface area contributed by atoms with Gasteiger partial charge < -0.3 is 5.73 Å². The second kappa shape index (κ2) is 5.16. The molecule has 0 radical (unpaired) electrons. The molecule has 0 bridgehead atoms. The summed E-state index contributed by atoms with van der Waals surface area (Å²) in [6.45, 7) is 2.00. The van der Waals surface area contributed by atoms with Gasteiger partial charge in [0.05, 0.1) is 11.0 Å². The van der Waals surface area contributed by atoms with E-state index in [0.29, 0.717) is 29.0 Å². The van der Waals surface area contributed by atoms with E-state index in [9.17, 15) is 8.78 Å². The predicted molar refractivity (Wildman–Crippen MR) is 79.4 cm³/mol. The number of imidazole rings is 1. The molecule has 0 spiro atoms. The minimum Gasteiger partial charge on any atom is -0.399 e. The number of halogens is 2. The first-order valence-corrected chi connectivity index (χ1v) is 6.83. The van der Waals surface area contributed by atoms with Crippen molar-refractivity contribution >= 4 is 16.7 Å². The Kier molecular flexibility index (Phi) is 3.33. The first-order valence-electron chi connectivity index (χ1n) is 6.83. The molecular formula is C16H15F2N3. The monoisotopic (exact) mass is 287 g/mol. The largest absolute Gasteiger partial charge is 0.399 e. The highest BCUT2D eigenvalue weighted by atomic mass is 19.1. The van der Waals surface area contributed by atoms with Gasteiger partial charge in [0.2, 0.25) is 0 Å². The van der Waals surface area contributed by atoms with Gasteiger partial charge in [0.15, 0.2) is 0 Å². The van der Waals surface area contributed by atoms with Crippen molar-refractivity contribution in [3.05, 3.63) is 53.9 Å². The standard InChI is InChI=1S/C16H15F2N3/c1-2-4-15-20-13-9-10(19)7-8-14(13)21(15)16-11(17)5-3-6-12(16)18/h3,5-9H,2,4,19H2,1H3. The highest BCUT2D eigenvalue weighted by molar-refractivity contribution is 5.81. The van der Waals surface area contributed by atoms with Crippen LogP contribution >= 0.6 is 0 Å². The van der Waals surface area contributed by atoms with Crippen molar-refractivity contribution in [2.75, 3.05) is 5.73 Å². The third-order valence-electron chi connectivity index (χ3n) is 3.38. The van der Waals surface area contributed by atoms with E-state index in [1.165, 1.54) is 18.2 Å². The maximum Gasteiger partial charge on any atom is 0.150 e. The second-order valence-corrected chi connectivity index (χ2v) is 4.93. The molecule has 3 rings (SSSR count). The van der Waals surface area contributed by atoms with Crippen LogP contribution in [-0.4, -0.2) is 9.55 Å². The molecule has 0 atom stereocenters. The number of aromatic nitrogens is 2. The van der Waals surface area contributed by atoms with E-state index in [2.05, 4.69) is 4.98 Å². The first-order chi connectivity index (χ1) is 10.1. The molecule has 0 amide bonds. The fourth-order valence-electron chi connectivity index (χ4n) is 2.49. The van der Waals surface area contributed by atoms with Gasteiger partial charge in [-0.3, -0.25) is 4.57 Å². The van der Waals surface area contributed by atoms with Gasteiger partial charge in [-0.25, -0.2) is 13.8 Å². The normalized spacial score (nSPS) is 11.2. The Bertz CT molecular complexity index is 788. The van der Waals surface area contributed by atoms with Crippen LogP contribution in [0, 0.1) is 11.6 Å². The number of nitrogens with zero attached hydrogens (tertiary/aromatic N) is 2. The van der Waals surface area contributed by atoms with Crippen LogP contribution in [-0.2, 0) is 6.42 Å². The third kappa shape index (κ3) is 2.24. The summed E-state index contributed by atoms with van der Waals surface area (Å²) in [5.74, 6) is -0.589. The minimum atomic E-state index is -0.608. The topological polar surface area (TPSA) is 43.8 Å². The van der Waals surface area contributed by atoms with E-state index < -0.39 is 11.6 Å². The van der Waals surface area contributed by atoms with Crippen LogP contribution in [0.15, 0.2) is 36.4 Å². The Morgan fingerprint density at radius 3 is 2.52 bits per heavy atom. The van der Waals surface area contributed by atoms with Crippen LogP contribution < -0.4 is 5.73 Å². The fourth-order valence-corrected chi connectivity index (χ4v) is 2.49. The SMILES string of the molecule is CCCc1nc2cc(N)ccc2n1-c1c(F)cccc1F. The van der Waals surface area contributed by atoms with E-state index in [0.717, 1.165) is 6.42 Å². The Morgan fingerprint density at radius 1 is 1.14 bits per heavy atom. The number of nitrogen functional groups attached to an aromatic ring is 1. The molecule has 0 aliphatic heterocycles. The van der Waals surface area contributed by atoms with E-state index in [4.69, 9.17) is 5.73 Å². The summed E-state index contributed by atoms with van der Waals surface area (Å²) in [4.78, 5) is 4.47. The van der Waals surface area contributed by atoms with Crippen LogP contribution in [0.5, 0.6) is 0 Å². The minimum absolute atomic E-state index is 0.0896. The molecule has 0 saturated heterocycles. The maximum absolute atomic E-state index is 14.1. The van der Waals surface area contributed by atoms with Crippen molar-refractivity contribution in [1.29, 1.82) is 0 Å². The molecule has 0 saturated carbocycles. The van der Waals surface area contributed by atoms with Gasteiger partial charge in [-0.2, -0.15) is 0 Å². The number of para-hydroxylation sites is 1. The molecule has 0 fully saturated rings. The molecule has 3 aromatic rings. The van der Waals surface area contributed by atoms with E-state index >= 15 is 0 Å². The average Bonchev–Trinajstić information content (AvgIpc) is 2.77. The van der Waals surface area contributed by atoms with Gasteiger partial charge in [-0.15, -0.1) is 0 Å². The van der Waals surface area contributed by atoms with Crippen molar-refractivity contribution in [2.24, 2.45) is 0 Å². The van der Waals surface area contributed by atoms with E-state index in [1.807, 2.05) is 6.92 Å². The Hall–Kier alpha value is -2.43. The molecule has 0 aliphatic carbocycles. The molecule has 108 valence electrons. The van der Waals surface area contributed by atoms with Crippen molar-refractivity contribution < 1.29 is 8.78 Å². The zero-order valence-electron chi connectivity index (χ0n) is 11.6. The van der Waals surface area contributed by atoms with Gasteiger partial charge in [0, 0.05) is 12.1 Å². The zero-order valence-corrected chi connectivity index (χ0v) is 11.6. The lowest BCUT2D eigenvalue weighted by Crippen LogP contribution is -2.06. The quantitative estimate of drug-likeness (QED) is 0.744. The number of nitrogens with two attached hydrogens (primary N) is 1. The van der Waals surface area contributed by atoms with Crippen LogP contribution in [0.2, 0.25) is 0 Å². The molecule has 2 N–H and O–H groups in total. The fraction of sp³-hybridized carbons (Fsp3) is 0.188. The average molecular weight is 287 g/mol. The van der Waals surface area contributed by atoms with Crippen molar-refractivity contribution in [2.45, 2.75) is 19.8 Å². The highest BCUT2D eigenvalue weighted by Gasteiger charge is 2.18. The van der Waals surface area contributed by atoms with Crippen molar-refractivity contribution in [3.8, 4) is 5.69 Å². The summed E-state index contributed by atoms with van der Waals surface area (Å²) < 4.78 is 29.8. The van der Waals surface area contributed by atoms with Crippen molar-refractivity contribution in [1.82, 2.24) is 9.55 Å². The summed E-state index contributed by atoms with van der Waals surface area (Å²) in [5.41, 5.74) is 7.53. The first kappa shape index (κ1) is 13.5. The summed E-state index contributed by atoms with van der Waals surface area (Å²) in [6.07, 6.45) is 1.46. The molecular weight excluding hydrogens is 272 g/mol. The summed E-state index contributed by atoms with van der Waals surface area (Å²) in [6, 6.07) is 9.00. The van der Waals surface area contributed by atoms with Gasteiger partial charge in [-0.05, 0) is 36.8 Å². The lowest BCUT2D eigenvalue weighted by molar-refractivity contribution is 0.567. The van der Waals surface area contributed by atoms with E-state index in [-0.39, 0.29) is 5.69 Å². The van der Waals surface area contributed by atoms with E-state index in [1.54, 1.807) is 22.8 Å². The molecule has 1 aromatic heterocycles. The van der Waals surface area contributed by atoms with Gasteiger partial charge in [-0.1, -0.05) is 13.0 Å². The van der Waals surface area contributed by atoms with Crippen molar-refractivity contribution in [3.63, 3.8) is 0 Å². The number of anilines is 1. The molecule has 21 heavy (non-hydrogen) atoms. The van der Waals surface area contributed by atoms with Gasteiger partial charge in [0.1, 0.15) is 23.1 Å². The third-order valence-corrected chi connectivity index (χ3v) is 3.38. The Balaban J connectivity index is 2.36.